The van der Waals surface area contributed by atoms with Crippen molar-refractivity contribution in [3.05, 3.63) is 72.0 Å². The zero-order valence-electron chi connectivity index (χ0n) is 16.0. The third kappa shape index (κ3) is 4.17. The molecule has 0 aliphatic carbocycles. The molecule has 0 radical (unpaired) electrons. The second kappa shape index (κ2) is 8.35. The Kier molecular flexibility index (Phi) is 5.69. The number of nitrogens with zero attached hydrogens (tertiary/aromatic N) is 3. The second-order valence-corrected chi connectivity index (χ2v) is 6.18. The summed E-state index contributed by atoms with van der Waals surface area (Å²) in [6, 6.07) is 19.0. The van der Waals surface area contributed by atoms with Crippen LogP contribution in [0.4, 0.5) is 5.82 Å². The predicted octanol–water partition coefficient (Wildman–Crippen LogP) is 4.67. The fraction of sp³-hybridized carbons (Fsp3) is 0.136. The number of aliphatic imine (C=N–C) groups is 1. The van der Waals surface area contributed by atoms with Gasteiger partial charge in [-0.1, -0.05) is 18.2 Å². The van der Waals surface area contributed by atoms with Crippen molar-refractivity contribution in [2.24, 2.45) is 4.99 Å². The van der Waals surface area contributed by atoms with Crippen LogP contribution in [0.3, 0.4) is 0 Å². The minimum absolute atomic E-state index is 0.0718. The smallest absolute Gasteiger partial charge is 0.164 e. The number of carbonyl (C=O) groups is 1. The van der Waals surface area contributed by atoms with Crippen molar-refractivity contribution in [2.45, 2.75) is 13.8 Å². The number of aliphatic hydroxyl groups is 1. The zero-order chi connectivity index (χ0) is 20.1. The van der Waals surface area contributed by atoms with E-state index in [1.54, 1.807) is 11.8 Å². The number of ether oxygens (including phenoxy) is 1. The molecule has 0 atom stereocenters. The molecule has 0 aliphatic rings. The number of para-hydroxylation sites is 1. The molecule has 6 nitrogen and oxygen atoms in total. The van der Waals surface area contributed by atoms with Crippen molar-refractivity contribution >= 4 is 17.8 Å². The van der Waals surface area contributed by atoms with Crippen molar-refractivity contribution in [3.8, 4) is 22.7 Å². The van der Waals surface area contributed by atoms with E-state index in [0.29, 0.717) is 5.82 Å². The molecule has 0 bridgehead atoms. The van der Waals surface area contributed by atoms with E-state index in [1.807, 2.05) is 60.7 Å². The van der Waals surface area contributed by atoms with Crippen LogP contribution in [0.25, 0.3) is 16.9 Å². The number of hydrogen-bond donors (Lipinski definition) is 1. The lowest BCUT2D eigenvalue weighted by Crippen LogP contribution is -2.02. The van der Waals surface area contributed by atoms with Crippen LogP contribution in [0, 0.1) is 0 Å². The molecule has 0 saturated heterocycles. The lowest BCUT2D eigenvalue weighted by molar-refractivity contribution is -0.113. The van der Waals surface area contributed by atoms with E-state index in [2.05, 4.69) is 10.1 Å². The first kappa shape index (κ1) is 19.1. The number of ketones is 1. The zero-order valence-corrected chi connectivity index (χ0v) is 16.0. The maximum absolute atomic E-state index is 11.7. The predicted molar refractivity (Wildman–Crippen MR) is 110 cm³/mol. The van der Waals surface area contributed by atoms with Crippen LogP contribution >= 0.6 is 0 Å². The highest BCUT2D eigenvalue weighted by molar-refractivity contribution is 6.12. The first-order valence-electron chi connectivity index (χ1n) is 8.74. The van der Waals surface area contributed by atoms with E-state index in [0.717, 1.165) is 22.7 Å². The highest BCUT2D eigenvalue weighted by Gasteiger charge is 2.12. The van der Waals surface area contributed by atoms with Crippen LogP contribution in [0.1, 0.15) is 13.8 Å². The number of hydrogen-bond acceptors (Lipinski definition) is 5. The molecule has 142 valence electrons. The molecule has 6 heteroatoms. The number of aliphatic hydroxyl groups excluding tert-OH is 1. The van der Waals surface area contributed by atoms with Gasteiger partial charge >= 0.3 is 0 Å². The van der Waals surface area contributed by atoms with Gasteiger partial charge in [0.2, 0.25) is 0 Å². The van der Waals surface area contributed by atoms with Gasteiger partial charge in [0, 0.05) is 17.8 Å². The standard InChI is InChI=1S/C22H21N3O3/c1-15(26)20(16(2)27)14-23-22-13-21(17-9-11-19(28-3)12-10-17)24-25(22)18-7-5-4-6-8-18/h4-14,26H,1-3H3/b20-15-,23-14+. The summed E-state index contributed by atoms with van der Waals surface area (Å²) in [5.41, 5.74) is 2.63. The maximum Gasteiger partial charge on any atom is 0.164 e. The third-order valence-electron chi connectivity index (χ3n) is 4.17. The third-order valence-corrected chi connectivity index (χ3v) is 4.17. The van der Waals surface area contributed by atoms with Gasteiger partial charge in [-0.25, -0.2) is 9.67 Å². The van der Waals surface area contributed by atoms with Gasteiger partial charge in [-0.3, -0.25) is 4.79 Å². The van der Waals surface area contributed by atoms with Crippen molar-refractivity contribution in [3.63, 3.8) is 0 Å². The molecule has 3 aromatic rings. The lowest BCUT2D eigenvalue weighted by atomic mass is 10.1. The van der Waals surface area contributed by atoms with Crippen LogP contribution in [0.15, 0.2) is 77.0 Å². The van der Waals surface area contributed by atoms with Crippen molar-refractivity contribution in [1.82, 2.24) is 9.78 Å². The van der Waals surface area contributed by atoms with Crippen LogP contribution < -0.4 is 4.74 Å². The Labute approximate surface area is 163 Å². The summed E-state index contributed by atoms with van der Waals surface area (Å²) >= 11 is 0. The molecule has 0 spiro atoms. The number of methoxy groups -OCH3 is 1. The largest absolute Gasteiger partial charge is 0.512 e. The maximum atomic E-state index is 11.7. The van der Waals surface area contributed by atoms with E-state index < -0.39 is 0 Å². The van der Waals surface area contributed by atoms with Gasteiger partial charge in [-0.05, 0) is 50.2 Å². The Morgan fingerprint density at radius 3 is 2.36 bits per heavy atom. The molecule has 28 heavy (non-hydrogen) atoms. The van der Waals surface area contributed by atoms with E-state index in [9.17, 15) is 9.90 Å². The first-order chi connectivity index (χ1) is 13.5. The molecule has 3 rings (SSSR count). The summed E-state index contributed by atoms with van der Waals surface area (Å²) in [5.74, 6) is 0.971. The molecule has 0 aliphatic heterocycles. The van der Waals surface area contributed by atoms with Gasteiger partial charge < -0.3 is 9.84 Å². The topological polar surface area (TPSA) is 76.7 Å². The Balaban J connectivity index is 2.08. The van der Waals surface area contributed by atoms with Crippen LogP contribution in [0.5, 0.6) is 5.75 Å². The van der Waals surface area contributed by atoms with Gasteiger partial charge in [0.05, 0.1) is 24.1 Å². The molecule has 0 amide bonds. The molecule has 1 aromatic heterocycles. The van der Waals surface area contributed by atoms with E-state index in [4.69, 9.17) is 4.74 Å². The van der Waals surface area contributed by atoms with Crippen LogP contribution in [0.2, 0.25) is 0 Å². The summed E-state index contributed by atoms with van der Waals surface area (Å²) in [4.78, 5) is 16.1. The van der Waals surface area contributed by atoms with Crippen molar-refractivity contribution in [1.29, 1.82) is 0 Å². The fourth-order valence-electron chi connectivity index (χ4n) is 2.70. The quantitative estimate of drug-likeness (QED) is 0.386. The van der Waals surface area contributed by atoms with Crippen LogP contribution in [-0.2, 0) is 4.79 Å². The number of rotatable bonds is 6. The monoisotopic (exact) mass is 375 g/mol. The second-order valence-electron chi connectivity index (χ2n) is 6.18. The summed E-state index contributed by atoms with van der Waals surface area (Å²) < 4.78 is 6.90. The molecular formula is C22H21N3O3. The Hall–Kier alpha value is -3.67. The number of benzene rings is 2. The SMILES string of the molecule is COc1ccc(-c2cc(/N=C/C(C(C)=O)=C(\C)O)n(-c3ccccc3)n2)cc1. The Morgan fingerprint density at radius 2 is 1.79 bits per heavy atom. The normalized spacial score (nSPS) is 12.1. The van der Waals surface area contributed by atoms with Crippen molar-refractivity contribution < 1.29 is 14.6 Å². The Morgan fingerprint density at radius 1 is 1.11 bits per heavy atom. The first-order valence-corrected chi connectivity index (χ1v) is 8.74. The molecule has 1 N–H and O–H groups in total. The number of allylic oxidation sites excluding steroid dienone is 2. The fourth-order valence-corrected chi connectivity index (χ4v) is 2.70. The summed E-state index contributed by atoms with van der Waals surface area (Å²) in [6.45, 7) is 2.85. The molecule has 2 aromatic carbocycles. The highest BCUT2D eigenvalue weighted by Crippen LogP contribution is 2.28. The number of carbonyl (C=O) groups excluding carboxylic acids is 1. The summed E-state index contributed by atoms with van der Waals surface area (Å²) in [6.07, 6.45) is 1.37. The van der Waals surface area contributed by atoms with Gasteiger partial charge in [0.1, 0.15) is 11.5 Å². The van der Waals surface area contributed by atoms with E-state index >= 15 is 0 Å². The van der Waals surface area contributed by atoms with Crippen LogP contribution in [-0.4, -0.2) is 34.0 Å². The molecule has 0 saturated carbocycles. The van der Waals surface area contributed by atoms with Crippen molar-refractivity contribution in [2.75, 3.05) is 7.11 Å². The highest BCUT2D eigenvalue weighted by atomic mass is 16.5. The van der Waals surface area contributed by atoms with Gasteiger partial charge in [0.15, 0.2) is 11.6 Å². The summed E-state index contributed by atoms with van der Waals surface area (Å²) in [7, 11) is 1.62. The van der Waals surface area contributed by atoms with E-state index in [1.165, 1.54) is 20.1 Å². The molecular weight excluding hydrogens is 354 g/mol. The average Bonchev–Trinajstić information content (AvgIpc) is 3.12. The Bertz CT molecular complexity index is 1030. The lowest BCUT2D eigenvalue weighted by Gasteiger charge is -2.04. The van der Waals surface area contributed by atoms with E-state index in [-0.39, 0.29) is 17.1 Å². The minimum Gasteiger partial charge on any atom is -0.512 e. The molecule has 0 unspecified atom stereocenters. The number of Topliss-reactive ketones (excluding diaryl/α,β-unsaturated/α-hetero) is 1. The summed E-state index contributed by atoms with van der Waals surface area (Å²) in [5, 5.41) is 14.4. The molecule has 0 fully saturated rings. The van der Waals surface area contributed by atoms with Gasteiger partial charge in [-0.2, -0.15) is 5.10 Å². The van der Waals surface area contributed by atoms with Gasteiger partial charge in [0.25, 0.3) is 0 Å². The van der Waals surface area contributed by atoms with Gasteiger partial charge in [-0.15, -0.1) is 0 Å². The average molecular weight is 375 g/mol. The minimum atomic E-state index is -0.259. The molecule has 1 heterocycles. The number of aromatic nitrogens is 2.